The summed E-state index contributed by atoms with van der Waals surface area (Å²) in [6, 6.07) is 1.51. The quantitative estimate of drug-likeness (QED) is 0.665. The van der Waals surface area contributed by atoms with Crippen LogP contribution in [-0.4, -0.2) is 24.8 Å². The lowest BCUT2D eigenvalue weighted by atomic mass is 10.2. The van der Waals surface area contributed by atoms with Gasteiger partial charge in [-0.1, -0.05) is 0 Å². The summed E-state index contributed by atoms with van der Waals surface area (Å²) in [5.74, 6) is 0.996. The van der Waals surface area contributed by atoms with Gasteiger partial charge in [-0.2, -0.15) is 0 Å². The smallest absolute Gasteiger partial charge is 0.0623 e. The van der Waals surface area contributed by atoms with Gasteiger partial charge in [0.2, 0.25) is 0 Å². The molecular weight excluding hydrogens is 162 g/mol. The maximum Gasteiger partial charge on any atom is 0.0623 e. The van der Waals surface area contributed by atoms with E-state index in [4.69, 9.17) is 4.74 Å². The van der Waals surface area contributed by atoms with Crippen molar-refractivity contribution in [2.24, 2.45) is 5.92 Å². The molecule has 74 valence electrons. The van der Waals surface area contributed by atoms with Crippen LogP contribution >= 0.6 is 0 Å². The molecule has 1 saturated heterocycles. The summed E-state index contributed by atoms with van der Waals surface area (Å²) in [5.41, 5.74) is 0. The fraction of sp³-hybridized carbons (Fsp3) is 0.818. The first kappa shape index (κ1) is 10.6. The first-order valence-corrected chi connectivity index (χ1v) is 4.96. The molecule has 2 rings (SSSR count). The van der Waals surface area contributed by atoms with E-state index in [9.17, 15) is 0 Å². The number of hydrogen-bond acceptors (Lipinski definition) is 2. The van der Waals surface area contributed by atoms with Crippen molar-refractivity contribution in [3.63, 3.8) is 0 Å². The molecular formula is C11H19NO. The van der Waals surface area contributed by atoms with Crippen molar-refractivity contribution in [3.05, 3.63) is 0 Å². The number of piperidine rings is 1. The van der Waals surface area contributed by atoms with Gasteiger partial charge < -0.3 is 10.1 Å². The third-order valence-corrected chi connectivity index (χ3v) is 2.59. The summed E-state index contributed by atoms with van der Waals surface area (Å²) in [6.07, 6.45) is 11.1. The Hall–Kier alpha value is -0.520. The predicted molar refractivity (Wildman–Crippen MR) is 54.4 cm³/mol. The van der Waals surface area contributed by atoms with Gasteiger partial charge in [0.1, 0.15) is 0 Å². The van der Waals surface area contributed by atoms with Crippen LogP contribution < -0.4 is 5.32 Å². The van der Waals surface area contributed by atoms with Gasteiger partial charge in [-0.05, 0) is 32.6 Å². The molecule has 1 saturated carbocycles. The Labute approximate surface area is 81.0 Å². The monoisotopic (exact) mass is 181 g/mol. The zero-order valence-corrected chi connectivity index (χ0v) is 8.49. The highest BCUT2D eigenvalue weighted by Gasteiger charge is 2.45. The van der Waals surface area contributed by atoms with Crippen molar-refractivity contribution in [1.29, 1.82) is 0 Å². The summed E-state index contributed by atoms with van der Waals surface area (Å²) in [6.45, 7) is 5.09. The van der Waals surface area contributed by atoms with Crippen LogP contribution in [0, 0.1) is 18.8 Å². The van der Waals surface area contributed by atoms with Crippen molar-refractivity contribution >= 4 is 0 Å². The topological polar surface area (TPSA) is 21.3 Å². The third kappa shape index (κ3) is 3.02. The Balaban J connectivity index is 0.000000396. The molecule has 1 aliphatic carbocycles. The lowest BCUT2D eigenvalue weighted by Crippen LogP contribution is -2.31. The zero-order valence-electron chi connectivity index (χ0n) is 8.49. The Morgan fingerprint density at radius 1 is 1.38 bits per heavy atom. The SMILES string of the molecule is C#C.CC(C)OCC1CC2CC2N1. The molecule has 0 amide bonds. The molecule has 3 atom stereocenters. The summed E-state index contributed by atoms with van der Waals surface area (Å²) in [7, 11) is 0. The number of rotatable bonds is 3. The Bertz CT molecular complexity index is 166. The lowest BCUT2D eigenvalue weighted by molar-refractivity contribution is 0.0626. The molecule has 2 fully saturated rings. The fourth-order valence-electron chi connectivity index (χ4n) is 1.87. The molecule has 0 spiro atoms. The third-order valence-electron chi connectivity index (χ3n) is 2.59. The van der Waals surface area contributed by atoms with Crippen LogP contribution in [0.4, 0.5) is 0 Å². The van der Waals surface area contributed by atoms with Gasteiger partial charge in [0, 0.05) is 12.1 Å². The van der Waals surface area contributed by atoms with Gasteiger partial charge in [0.15, 0.2) is 0 Å². The molecule has 1 heterocycles. The van der Waals surface area contributed by atoms with Crippen molar-refractivity contribution in [3.8, 4) is 12.8 Å². The molecule has 0 bridgehead atoms. The van der Waals surface area contributed by atoms with E-state index >= 15 is 0 Å². The summed E-state index contributed by atoms with van der Waals surface area (Å²) < 4.78 is 5.53. The number of nitrogens with one attached hydrogen (secondary N) is 1. The van der Waals surface area contributed by atoms with Crippen LogP contribution in [-0.2, 0) is 4.74 Å². The van der Waals surface area contributed by atoms with E-state index in [2.05, 4.69) is 32.0 Å². The van der Waals surface area contributed by atoms with E-state index < -0.39 is 0 Å². The van der Waals surface area contributed by atoms with Crippen LogP contribution in [0.5, 0.6) is 0 Å². The normalized spacial score (nSPS) is 35.0. The molecule has 2 nitrogen and oxygen atoms in total. The van der Waals surface area contributed by atoms with Gasteiger partial charge in [-0.15, -0.1) is 12.8 Å². The second kappa shape index (κ2) is 4.64. The second-order valence-electron chi connectivity index (χ2n) is 4.08. The van der Waals surface area contributed by atoms with Gasteiger partial charge >= 0.3 is 0 Å². The van der Waals surface area contributed by atoms with Crippen LogP contribution in [0.15, 0.2) is 0 Å². The van der Waals surface area contributed by atoms with Crippen molar-refractivity contribution in [2.75, 3.05) is 6.61 Å². The molecule has 1 aliphatic heterocycles. The van der Waals surface area contributed by atoms with E-state index in [1.165, 1.54) is 12.8 Å². The van der Waals surface area contributed by atoms with Crippen molar-refractivity contribution < 1.29 is 4.74 Å². The molecule has 0 aromatic heterocycles. The van der Waals surface area contributed by atoms with Gasteiger partial charge in [0.05, 0.1) is 12.7 Å². The zero-order chi connectivity index (χ0) is 9.84. The van der Waals surface area contributed by atoms with Crippen LogP contribution in [0.2, 0.25) is 0 Å². The van der Waals surface area contributed by atoms with Crippen LogP contribution in [0.1, 0.15) is 26.7 Å². The minimum Gasteiger partial charge on any atom is -0.377 e. The summed E-state index contributed by atoms with van der Waals surface area (Å²) in [4.78, 5) is 0. The largest absolute Gasteiger partial charge is 0.377 e. The maximum atomic E-state index is 5.53. The average molecular weight is 181 g/mol. The number of terminal acetylenes is 1. The highest BCUT2D eigenvalue weighted by molar-refractivity contribution is 5.03. The first-order chi connectivity index (χ1) is 6.25. The number of ether oxygens (including phenoxy) is 1. The van der Waals surface area contributed by atoms with Crippen LogP contribution in [0.25, 0.3) is 0 Å². The van der Waals surface area contributed by atoms with Gasteiger partial charge in [-0.3, -0.25) is 0 Å². The Morgan fingerprint density at radius 3 is 2.54 bits per heavy atom. The molecule has 0 aromatic rings. The lowest BCUT2D eigenvalue weighted by Gasteiger charge is -2.15. The fourth-order valence-corrected chi connectivity index (χ4v) is 1.87. The molecule has 3 unspecified atom stereocenters. The molecule has 2 heteroatoms. The van der Waals surface area contributed by atoms with E-state index in [-0.39, 0.29) is 0 Å². The average Bonchev–Trinajstić information content (AvgIpc) is 2.74. The molecule has 0 radical (unpaired) electrons. The van der Waals surface area contributed by atoms with E-state index in [1.54, 1.807) is 0 Å². The number of fused-ring (bicyclic) bond motifs is 1. The Kier molecular flexibility index (Phi) is 3.77. The second-order valence-corrected chi connectivity index (χ2v) is 4.08. The van der Waals surface area contributed by atoms with Crippen LogP contribution in [0.3, 0.4) is 0 Å². The first-order valence-electron chi connectivity index (χ1n) is 4.96. The number of hydrogen-bond donors (Lipinski definition) is 1. The molecule has 2 aliphatic rings. The highest BCUT2D eigenvalue weighted by Crippen LogP contribution is 2.40. The van der Waals surface area contributed by atoms with Crippen molar-refractivity contribution in [1.82, 2.24) is 5.32 Å². The standard InChI is InChI=1S/C9H17NO.C2H2/c1-6(2)11-5-8-3-7-4-9(7)10-8;1-2/h6-10H,3-5H2,1-2H3;1-2H. The minimum absolute atomic E-state index is 0.383. The van der Waals surface area contributed by atoms with Gasteiger partial charge in [0.25, 0.3) is 0 Å². The Morgan fingerprint density at radius 2 is 2.08 bits per heavy atom. The molecule has 1 N–H and O–H groups in total. The van der Waals surface area contributed by atoms with E-state index in [0.717, 1.165) is 18.6 Å². The van der Waals surface area contributed by atoms with E-state index in [0.29, 0.717) is 12.1 Å². The maximum absolute atomic E-state index is 5.53. The van der Waals surface area contributed by atoms with E-state index in [1.807, 2.05) is 0 Å². The minimum atomic E-state index is 0.383. The van der Waals surface area contributed by atoms with Crippen molar-refractivity contribution in [2.45, 2.75) is 44.9 Å². The molecule has 13 heavy (non-hydrogen) atoms. The highest BCUT2D eigenvalue weighted by atomic mass is 16.5. The summed E-state index contributed by atoms with van der Waals surface area (Å²) in [5, 5.41) is 3.56. The summed E-state index contributed by atoms with van der Waals surface area (Å²) >= 11 is 0. The molecule has 0 aromatic carbocycles. The van der Waals surface area contributed by atoms with Gasteiger partial charge in [-0.25, -0.2) is 0 Å². The predicted octanol–water partition coefficient (Wildman–Crippen LogP) is 1.41.